The van der Waals surface area contributed by atoms with Crippen molar-refractivity contribution in [3.63, 3.8) is 0 Å². The summed E-state index contributed by atoms with van der Waals surface area (Å²) in [6, 6.07) is 0.140. The van der Waals surface area contributed by atoms with Gasteiger partial charge in [-0.3, -0.25) is 4.90 Å². The van der Waals surface area contributed by atoms with Gasteiger partial charge in [0.15, 0.2) is 0 Å². The lowest BCUT2D eigenvalue weighted by Crippen LogP contribution is -2.40. The summed E-state index contributed by atoms with van der Waals surface area (Å²) in [5, 5.41) is 0. The van der Waals surface area contributed by atoms with Crippen molar-refractivity contribution in [1.82, 2.24) is 4.90 Å². The predicted molar refractivity (Wildman–Crippen MR) is 47.1 cm³/mol. The van der Waals surface area contributed by atoms with Crippen LogP contribution in [0.3, 0.4) is 0 Å². The van der Waals surface area contributed by atoms with Crippen LogP contribution in [0.2, 0.25) is 0 Å². The first-order valence-corrected chi connectivity index (χ1v) is 4.79. The van der Waals surface area contributed by atoms with Crippen LogP contribution in [0.4, 0.5) is 13.2 Å². The van der Waals surface area contributed by atoms with Crippen LogP contribution in [0.1, 0.15) is 13.8 Å². The molecule has 1 saturated heterocycles. The Kier molecular flexibility index (Phi) is 3.78. The molecule has 0 saturated carbocycles. The molecule has 0 aliphatic carbocycles. The van der Waals surface area contributed by atoms with E-state index in [-0.39, 0.29) is 19.2 Å². The molecular formula is C9H16F3NO. The lowest BCUT2D eigenvalue weighted by atomic mass is 10.1. The van der Waals surface area contributed by atoms with E-state index in [4.69, 9.17) is 4.74 Å². The van der Waals surface area contributed by atoms with Crippen molar-refractivity contribution in [2.45, 2.75) is 26.1 Å². The molecule has 0 bridgehead atoms. The van der Waals surface area contributed by atoms with Crippen LogP contribution in [-0.4, -0.2) is 43.4 Å². The smallest absolute Gasteiger partial charge is 0.379 e. The molecule has 0 amide bonds. The molecule has 0 aromatic heterocycles. The Bertz CT molecular complexity index is 181. The molecule has 1 aliphatic heterocycles. The van der Waals surface area contributed by atoms with Gasteiger partial charge in [-0.25, -0.2) is 0 Å². The number of halogens is 3. The van der Waals surface area contributed by atoms with E-state index in [1.165, 1.54) is 0 Å². The summed E-state index contributed by atoms with van der Waals surface area (Å²) in [7, 11) is 0. The van der Waals surface area contributed by atoms with Crippen LogP contribution in [-0.2, 0) is 4.74 Å². The molecule has 1 rings (SSSR count). The Hall–Kier alpha value is -0.290. The van der Waals surface area contributed by atoms with Crippen molar-refractivity contribution < 1.29 is 17.9 Å². The molecule has 1 fully saturated rings. The van der Waals surface area contributed by atoms with Crippen LogP contribution in [0, 0.1) is 5.92 Å². The van der Waals surface area contributed by atoms with E-state index in [1.807, 2.05) is 18.7 Å². The maximum absolute atomic E-state index is 12.5. The maximum atomic E-state index is 12.5. The molecule has 1 aliphatic rings. The molecule has 84 valence electrons. The summed E-state index contributed by atoms with van der Waals surface area (Å²) in [4.78, 5) is 1.81. The molecule has 0 aromatic rings. The lowest BCUT2D eigenvalue weighted by Gasteiger charge is -2.27. The van der Waals surface area contributed by atoms with Crippen molar-refractivity contribution in [2.75, 3.05) is 26.3 Å². The Morgan fingerprint density at radius 1 is 1.36 bits per heavy atom. The lowest BCUT2D eigenvalue weighted by molar-refractivity contribution is -0.187. The Balaban J connectivity index is 2.60. The van der Waals surface area contributed by atoms with Gasteiger partial charge in [0.1, 0.15) is 0 Å². The highest BCUT2D eigenvalue weighted by Gasteiger charge is 2.41. The highest BCUT2D eigenvalue weighted by molar-refractivity contribution is 4.76. The van der Waals surface area contributed by atoms with Crippen molar-refractivity contribution in [1.29, 1.82) is 0 Å². The Labute approximate surface area is 82.0 Å². The first kappa shape index (κ1) is 11.8. The quantitative estimate of drug-likeness (QED) is 0.657. The summed E-state index contributed by atoms with van der Waals surface area (Å²) >= 11 is 0. The van der Waals surface area contributed by atoms with E-state index in [0.717, 1.165) is 0 Å². The van der Waals surface area contributed by atoms with Gasteiger partial charge in [0.2, 0.25) is 0 Å². The van der Waals surface area contributed by atoms with Gasteiger partial charge in [-0.05, 0) is 13.8 Å². The molecule has 1 heterocycles. The molecule has 2 nitrogen and oxygen atoms in total. The second-order valence-corrected chi connectivity index (χ2v) is 3.90. The molecule has 14 heavy (non-hydrogen) atoms. The van der Waals surface area contributed by atoms with E-state index >= 15 is 0 Å². The maximum Gasteiger partial charge on any atom is 0.395 e. The molecule has 5 heteroatoms. The third-order valence-electron chi connectivity index (χ3n) is 2.49. The second kappa shape index (κ2) is 4.49. The molecule has 0 N–H and O–H groups in total. The summed E-state index contributed by atoms with van der Waals surface area (Å²) in [5.74, 6) is -1.34. The van der Waals surface area contributed by atoms with Crippen LogP contribution in [0.5, 0.6) is 0 Å². The first-order chi connectivity index (χ1) is 6.41. The Morgan fingerprint density at radius 3 is 2.50 bits per heavy atom. The van der Waals surface area contributed by atoms with Gasteiger partial charge in [-0.1, -0.05) is 0 Å². The van der Waals surface area contributed by atoms with Crippen molar-refractivity contribution in [2.24, 2.45) is 5.92 Å². The van der Waals surface area contributed by atoms with Crippen LogP contribution in [0.15, 0.2) is 0 Å². The van der Waals surface area contributed by atoms with E-state index in [2.05, 4.69) is 0 Å². The fraction of sp³-hybridized carbons (Fsp3) is 1.00. The standard InChI is InChI=1S/C9H16F3NO/c1-7(2)13-3-4-14-6-8(5-13)9(10,11)12/h7-8H,3-6H2,1-2H3. The molecule has 0 aromatic carbocycles. The molecule has 1 atom stereocenters. The van der Waals surface area contributed by atoms with Gasteiger partial charge in [0.25, 0.3) is 0 Å². The normalized spacial score (nSPS) is 26.6. The zero-order valence-electron chi connectivity index (χ0n) is 8.47. The number of alkyl halides is 3. The van der Waals surface area contributed by atoms with Crippen molar-refractivity contribution in [3.05, 3.63) is 0 Å². The minimum absolute atomic E-state index is 0.0567. The zero-order valence-corrected chi connectivity index (χ0v) is 8.47. The third kappa shape index (κ3) is 3.13. The highest BCUT2D eigenvalue weighted by Crippen LogP contribution is 2.28. The highest BCUT2D eigenvalue weighted by atomic mass is 19.4. The number of ether oxygens (including phenoxy) is 1. The minimum Gasteiger partial charge on any atom is -0.379 e. The van der Waals surface area contributed by atoms with Crippen molar-refractivity contribution in [3.8, 4) is 0 Å². The average molecular weight is 211 g/mol. The van der Waals surface area contributed by atoms with Crippen LogP contribution >= 0.6 is 0 Å². The number of hydrogen-bond acceptors (Lipinski definition) is 2. The molecule has 1 unspecified atom stereocenters. The summed E-state index contributed by atoms with van der Waals surface area (Å²) in [5.41, 5.74) is 0. The monoisotopic (exact) mass is 211 g/mol. The number of hydrogen-bond donors (Lipinski definition) is 0. The predicted octanol–water partition coefficient (Wildman–Crippen LogP) is 1.91. The number of nitrogens with zero attached hydrogens (tertiary/aromatic N) is 1. The van der Waals surface area contributed by atoms with Gasteiger partial charge in [0.05, 0.1) is 19.1 Å². The SMILES string of the molecule is CC(C)N1CCOCC(C(F)(F)F)C1. The van der Waals surface area contributed by atoms with E-state index in [1.54, 1.807) is 0 Å². The zero-order chi connectivity index (χ0) is 10.8. The van der Waals surface area contributed by atoms with Gasteiger partial charge >= 0.3 is 6.18 Å². The molecule has 0 radical (unpaired) electrons. The average Bonchev–Trinajstić information content (AvgIpc) is 2.26. The molecule has 0 spiro atoms. The third-order valence-corrected chi connectivity index (χ3v) is 2.49. The van der Waals surface area contributed by atoms with E-state index in [0.29, 0.717) is 13.2 Å². The first-order valence-electron chi connectivity index (χ1n) is 4.79. The summed E-state index contributed by atoms with van der Waals surface area (Å²) in [6.07, 6.45) is -4.14. The van der Waals surface area contributed by atoms with Gasteiger partial charge in [0, 0.05) is 19.1 Å². The fourth-order valence-electron chi connectivity index (χ4n) is 1.50. The van der Waals surface area contributed by atoms with Gasteiger partial charge in [-0.15, -0.1) is 0 Å². The van der Waals surface area contributed by atoms with Gasteiger partial charge in [-0.2, -0.15) is 13.2 Å². The fourth-order valence-corrected chi connectivity index (χ4v) is 1.50. The second-order valence-electron chi connectivity index (χ2n) is 3.90. The summed E-state index contributed by atoms with van der Waals surface area (Å²) in [6.45, 7) is 4.64. The minimum atomic E-state index is -4.14. The topological polar surface area (TPSA) is 12.5 Å². The van der Waals surface area contributed by atoms with E-state index in [9.17, 15) is 13.2 Å². The molecular weight excluding hydrogens is 195 g/mol. The van der Waals surface area contributed by atoms with Crippen LogP contribution < -0.4 is 0 Å². The Morgan fingerprint density at radius 2 is 2.00 bits per heavy atom. The number of rotatable bonds is 1. The van der Waals surface area contributed by atoms with E-state index < -0.39 is 12.1 Å². The van der Waals surface area contributed by atoms with Crippen LogP contribution in [0.25, 0.3) is 0 Å². The van der Waals surface area contributed by atoms with Crippen molar-refractivity contribution >= 4 is 0 Å². The summed E-state index contributed by atoms with van der Waals surface area (Å²) < 4.78 is 42.3. The van der Waals surface area contributed by atoms with Gasteiger partial charge < -0.3 is 4.74 Å². The largest absolute Gasteiger partial charge is 0.395 e.